The molecule has 2 N–H and O–H groups in total. The Bertz CT molecular complexity index is 542. The second-order valence-electron chi connectivity index (χ2n) is 3.95. The van der Waals surface area contributed by atoms with Gasteiger partial charge in [0.15, 0.2) is 0 Å². The number of hydrogen-bond donors (Lipinski definition) is 1. The van der Waals surface area contributed by atoms with Crippen LogP contribution in [0.2, 0.25) is 0 Å². The lowest BCUT2D eigenvalue weighted by Crippen LogP contribution is -2.22. The molecule has 2 rings (SSSR count). The first-order valence-electron chi connectivity index (χ1n) is 5.53. The summed E-state index contributed by atoms with van der Waals surface area (Å²) in [4.78, 5) is 10.6. The van der Waals surface area contributed by atoms with E-state index in [1.54, 1.807) is 18.6 Å². The molecule has 0 aromatic carbocycles. The first-order chi connectivity index (χ1) is 8.68. The largest absolute Gasteiger partial charge is 0.388 e. The van der Waals surface area contributed by atoms with Crippen molar-refractivity contribution in [2.75, 3.05) is 11.9 Å². The SMILES string of the molecule is CN(Cc1ccncc1)c1cccnc1C(N)=S. The topological polar surface area (TPSA) is 55.0 Å². The Hall–Kier alpha value is -2.01. The second kappa shape index (κ2) is 5.55. The predicted molar refractivity (Wildman–Crippen MR) is 76.5 cm³/mol. The lowest BCUT2D eigenvalue weighted by atomic mass is 10.2. The lowest BCUT2D eigenvalue weighted by Gasteiger charge is -2.21. The average Bonchev–Trinajstić information content (AvgIpc) is 2.40. The average molecular weight is 258 g/mol. The molecule has 92 valence electrons. The van der Waals surface area contributed by atoms with Crippen LogP contribution in [0.5, 0.6) is 0 Å². The Kier molecular flexibility index (Phi) is 3.84. The van der Waals surface area contributed by atoms with E-state index < -0.39 is 0 Å². The summed E-state index contributed by atoms with van der Waals surface area (Å²) < 4.78 is 0. The van der Waals surface area contributed by atoms with E-state index in [0.29, 0.717) is 10.7 Å². The fraction of sp³-hybridized carbons (Fsp3) is 0.154. The molecule has 0 aliphatic carbocycles. The molecular weight excluding hydrogens is 244 g/mol. The molecule has 0 atom stereocenters. The molecule has 0 aliphatic heterocycles. The van der Waals surface area contributed by atoms with E-state index in [-0.39, 0.29) is 0 Å². The van der Waals surface area contributed by atoms with Crippen molar-refractivity contribution in [1.82, 2.24) is 9.97 Å². The van der Waals surface area contributed by atoms with Crippen LogP contribution in [0.15, 0.2) is 42.9 Å². The number of aromatic nitrogens is 2. The minimum atomic E-state index is 0.312. The summed E-state index contributed by atoms with van der Waals surface area (Å²) in [5.74, 6) is 0. The molecule has 0 amide bonds. The molecule has 0 saturated carbocycles. The van der Waals surface area contributed by atoms with Crippen molar-refractivity contribution in [3.63, 3.8) is 0 Å². The van der Waals surface area contributed by atoms with Crippen LogP contribution in [0.3, 0.4) is 0 Å². The number of hydrogen-bond acceptors (Lipinski definition) is 4. The number of thiocarbonyl (C=S) groups is 1. The van der Waals surface area contributed by atoms with Crippen LogP contribution in [0.4, 0.5) is 5.69 Å². The van der Waals surface area contributed by atoms with Crippen molar-refractivity contribution in [2.24, 2.45) is 5.73 Å². The van der Waals surface area contributed by atoms with Gasteiger partial charge in [0, 0.05) is 32.2 Å². The summed E-state index contributed by atoms with van der Waals surface area (Å²) in [6.07, 6.45) is 5.25. The van der Waals surface area contributed by atoms with Crippen LogP contribution < -0.4 is 10.6 Å². The van der Waals surface area contributed by atoms with Crippen LogP contribution in [0.1, 0.15) is 11.3 Å². The van der Waals surface area contributed by atoms with Crippen LogP contribution >= 0.6 is 12.2 Å². The molecule has 2 heterocycles. The molecular formula is C13H14N4S. The molecule has 2 aromatic heterocycles. The molecule has 4 nitrogen and oxygen atoms in total. The predicted octanol–water partition coefficient (Wildman–Crippen LogP) is 1.75. The fourth-order valence-corrected chi connectivity index (χ4v) is 1.90. The highest BCUT2D eigenvalue weighted by atomic mass is 32.1. The van der Waals surface area contributed by atoms with E-state index in [9.17, 15) is 0 Å². The Morgan fingerprint density at radius 3 is 2.67 bits per heavy atom. The third kappa shape index (κ3) is 2.81. The summed E-state index contributed by atoms with van der Waals surface area (Å²) >= 11 is 5.01. The van der Waals surface area contributed by atoms with Gasteiger partial charge in [0.25, 0.3) is 0 Å². The maximum atomic E-state index is 5.68. The van der Waals surface area contributed by atoms with Gasteiger partial charge in [-0.15, -0.1) is 0 Å². The summed E-state index contributed by atoms with van der Waals surface area (Å²) in [6.45, 7) is 0.754. The first-order valence-corrected chi connectivity index (χ1v) is 5.94. The zero-order chi connectivity index (χ0) is 13.0. The molecule has 0 saturated heterocycles. The zero-order valence-electron chi connectivity index (χ0n) is 10.1. The first kappa shape index (κ1) is 12.4. The van der Waals surface area contributed by atoms with Crippen molar-refractivity contribution in [3.05, 3.63) is 54.1 Å². The summed E-state index contributed by atoms with van der Waals surface area (Å²) in [7, 11) is 1.99. The monoisotopic (exact) mass is 258 g/mol. The van der Waals surface area contributed by atoms with Gasteiger partial charge in [-0.3, -0.25) is 9.97 Å². The second-order valence-corrected chi connectivity index (χ2v) is 4.39. The van der Waals surface area contributed by atoms with Crippen molar-refractivity contribution in [2.45, 2.75) is 6.54 Å². The fourth-order valence-electron chi connectivity index (χ4n) is 1.74. The highest BCUT2D eigenvalue weighted by Gasteiger charge is 2.10. The highest BCUT2D eigenvalue weighted by Crippen LogP contribution is 2.18. The molecule has 0 aliphatic rings. The van der Waals surface area contributed by atoms with E-state index in [1.165, 1.54) is 5.56 Å². The molecule has 0 radical (unpaired) electrons. The van der Waals surface area contributed by atoms with Crippen LogP contribution in [-0.4, -0.2) is 22.0 Å². The molecule has 0 fully saturated rings. The normalized spacial score (nSPS) is 10.1. The van der Waals surface area contributed by atoms with E-state index in [0.717, 1.165) is 12.2 Å². The van der Waals surface area contributed by atoms with Gasteiger partial charge in [0.05, 0.1) is 5.69 Å². The molecule has 5 heteroatoms. The van der Waals surface area contributed by atoms with E-state index in [1.807, 2.05) is 31.3 Å². The number of anilines is 1. The van der Waals surface area contributed by atoms with Crippen molar-refractivity contribution in [3.8, 4) is 0 Å². The lowest BCUT2D eigenvalue weighted by molar-refractivity contribution is 0.912. The van der Waals surface area contributed by atoms with Gasteiger partial charge in [-0.25, -0.2) is 0 Å². The quantitative estimate of drug-likeness (QED) is 0.847. The van der Waals surface area contributed by atoms with Crippen molar-refractivity contribution in [1.29, 1.82) is 0 Å². The molecule has 2 aromatic rings. The van der Waals surface area contributed by atoms with Gasteiger partial charge in [0.1, 0.15) is 10.7 Å². The van der Waals surface area contributed by atoms with E-state index in [2.05, 4.69) is 14.9 Å². The molecule has 0 spiro atoms. The van der Waals surface area contributed by atoms with E-state index in [4.69, 9.17) is 18.0 Å². The van der Waals surface area contributed by atoms with Gasteiger partial charge in [-0.2, -0.15) is 0 Å². The smallest absolute Gasteiger partial charge is 0.124 e. The van der Waals surface area contributed by atoms with Gasteiger partial charge in [0.2, 0.25) is 0 Å². The van der Waals surface area contributed by atoms with Gasteiger partial charge < -0.3 is 10.6 Å². The third-order valence-corrected chi connectivity index (χ3v) is 2.79. The maximum absolute atomic E-state index is 5.68. The molecule has 0 unspecified atom stereocenters. The zero-order valence-corrected chi connectivity index (χ0v) is 10.9. The van der Waals surface area contributed by atoms with Gasteiger partial charge >= 0.3 is 0 Å². The van der Waals surface area contributed by atoms with Crippen LogP contribution in [0.25, 0.3) is 0 Å². The maximum Gasteiger partial charge on any atom is 0.124 e. The third-order valence-electron chi connectivity index (χ3n) is 2.60. The van der Waals surface area contributed by atoms with Crippen LogP contribution in [0, 0.1) is 0 Å². The summed E-state index contributed by atoms with van der Waals surface area (Å²) in [5.41, 5.74) is 8.44. The van der Waals surface area contributed by atoms with Crippen LogP contribution in [-0.2, 0) is 6.54 Å². The Balaban J connectivity index is 2.24. The highest BCUT2D eigenvalue weighted by molar-refractivity contribution is 7.80. The van der Waals surface area contributed by atoms with Crippen molar-refractivity contribution < 1.29 is 0 Å². The Morgan fingerprint density at radius 2 is 2.00 bits per heavy atom. The standard InChI is InChI=1S/C13H14N4S/c1-17(9-10-4-7-15-8-5-10)11-3-2-6-16-12(11)13(14)18/h2-8H,9H2,1H3,(H2,14,18). The van der Waals surface area contributed by atoms with Gasteiger partial charge in [-0.1, -0.05) is 12.2 Å². The number of nitrogens with zero attached hydrogens (tertiary/aromatic N) is 3. The minimum Gasteiger partial charge on any atom is -0.388 e. The van der Waals surface area contributed by atoms with Gasteiger partial charge in [-0.05, 0) is 29.8 Å². The summed E-state index contributed by atoms with van der Waals surface area (Å²) in [5, 5.41) is 0. The number of rotatable bonds is 4. The van der Waals surface area contributed by atoms with Crippen molar-refractivity contribution >= 4 is 22.9 Å². The Labute approximate surface area is 111 Å². The molecule has 0 bridgehead atoms. The minimum absolute atomic E-state index is 0.312. The Morgan fingerprint density at radius 1 is 1.28 bits per heavy atom. The van der Waals surface area contributed by atoms with E-state index >= 15 is 0 Å². The number of pyridine rings is 2. The number of nitrogens with two attached hydrogens (primary N) is 1. The molecule has 18 heavy (non-hydrogen) atoms. The summed E-state index contributed by atoms with van der Waals surface area (Å²) in [6, 6.07) is 7.80.